The summed E-state index contributed by atoms with van der Waals surface area (Å²) in [7, 11) is -8.84. The Morgan fingerprint density at radius 3 is 2.16 bits per heavy atom. The summed E-state index contributed by atoms with van der Waals surface area (Å²) < 4.78 is 63.1. The van der Waals surface area contributed by atoms with Crippen LogP contribution in [-0.2, 0) is 36.7 Å². The average Bonchev–Trinajstić information content (AvgIpc) is 3.71. The maximum Gasteiger partial charge on any atom is 0.472 e. The maximum atomic E-state index is 13.5. The molecule has 7 heterocycles. The van der Waals surface area contributed by atoms with Gasteiger partial charge in [0.05, 0.1) is 25.9 Å². The van der Waals surface area contributed by atoms with Gasteiger partial charge in [-0.2, -0.15) is 9.97 Å². The molecule has 0 bridgehead atoms. The van der Waals surface area contributed by atoms with Crippen molar-refractivity contribution in [2.75, 3.05) is 31.3 Å². The number of hydrogen-bond donors (Lipinski definition) is 6. The number of fused-ring (bicyclic) bond motifs is 4. The Bertz CT molecular complexity index is 2010. The summed E-state index contributed by atoms with van der Waals surface area (Å²) >= 11 is 0. The highest BCUT2D eigenvalue weighted by Gasteiger charge is 2.51. The van der Waals surface area contributed by atoms with Crippen LogP contribution in [0.3, 0.4) is 0 Å². The molecule has 4 unspecified atom stereocenters. The fourth-order valence-corrected chi connectivity index (χ4v) is 7.60. The summed E-state index contributed by atoms with van der Waals surface area (Å²) in [4.78, 5) is 55.9. The van der Waals surface area contributed by atoms with Crippen LogP contribution in [-0.4, -0.2) is 99.4 Å². The zero-order valence-corrected chi connectivity index (χ0v) is 24.8. The molecule has 0 amide bonds. The average molecular weight is 672 g/mol. The van der Waals surface area contributed by atoms with E-state index in [2.05, 4.69) is 29.9 Å². The molecule has 0 saturated carbocycles. The van der Waals surface area contributed by atoms with E-state index in [4.69, 9.17) is 39.0 Å². The lowest BCUT2D eigenvalue weighted by Crippen LogP contribution is -2.37. The van der Waals surface area contributed by atoms with Gasteiger partial charge in [-0.15, -0.1) is 0 Å². The molecule has 24 heteroatoms. The third kappa shape index (κ3) is 5.48. The molecule has 0 radical (unpaired) electrons. The molecule has 242 valence electrons. The van der Waals surface area contributed by atoms with Crippen LogP contribution in [0, 0.1) is 0 Å². The molecule has 22 nitrogen and oxygen atoms in total. The lowest BCUT2D eigenvalue weighted by molar-refractivity contribution is -0.0621. The summed E-state index contributed by atoms with van der Waals surface area (Å²) in [5.41, 5.74) is 10.1. The minimum Gasteiger partial charge on any atom is -0.386 e. The van der Waals surface area contributed by atoms with Gasteiger partial charge in [0.25, 0.3) is 11.1 Å². The van der Waals surface area contributed by atoms with Crippen molar-refractivity contribution in [1.82, 2.24) is 39.0 Å². The molecule has 0 spiro atoms. The number of aromatic amines is 2. The fraction of sp³-hybridized carbons (Fsp3) is 0.524. The first-order valence-corrected chi connectivity index (χ1v) is 16.8. The van der Waals surface area contributed by atoms with E-state index in [1.165, 1.54) is 21.8 Å². The number of hydrogen-bond acceptors (Lipinski definition) is 17. The second-order valence-electron chi connectivity index (χ2n) is 10.5. The van der Waals surface area contributed by atoms with Crippen molar-refractivity contribution in [3.8, 4) is 0 Å². The number of aliphatic hydroxyl groups is 1. The van der Waals surface area contributed by atoms with Crippen LogP contribution in [0.2, 0.25) is 0 Å². The number of rotatable bonds is 2. The van der Waals surface area contributed by atoms with Gasteiger partial charge in [0.15, 0.2) is 28.6 Å². The minimum atomic E-state index is -4.84. The van der Waals surface area contributed by atoms with Crippen LogP contribution >= 0.6 is 15.4 Å². The maximum absolute atomic E-state index is 13.5. The monoisotopic (exact) mass is 672 g/mol. The number of ether oxygens (including phenoxy) is 2. The quantitative estimate of drug-likeness (QED) is 0.135. The van der Waals surface area contributed by atoms with Gasteiger partial charge in [0.2, 0.25) is 11.9 Å². The molecule has 9 atom stereocenters. The van der Waals surface area contributed by atoms with Gasteiger partial charge in [-0.3, -0.25) is 46.8 Å². The molecular weight excluding hydrogens is 646 g/mol. The summed E-state index contributed by atoms with van der Waals surface area (Å²) in [6.07, 6.45) is -6.40. The van der Waals surface area contributed by atoms with Crippen molar-refractivity contribution in [3.05, 3.63) is 33.4 Å². The van der Waals surface area contributed by atoms with E-state index in [0.29, 0.717) is 0 Å². The van der Waals surface area contributed by atoms with Gasteiger partial charge in [0.1, 0.15) is 36.7 Å². The van der Waals surface area contributed by atoms with Crippen LogP contribution in [0.4, 0.5) is 11.9 Å². The Hall–Kier alpha value is -3.56. The number of nitrogens with zero attached hydrogens (tertiary/aromatic N) is 6. The number of imidazole rings is 2. The minimum absolute atomic E-state index is 0.0170. The molecule has 3 aliphatic rings. The molecule has 3 saturated heterocycles. The smallest absolute Gasteiger partial charge is 0.386 e. The number of aromatic nitrogens is 8. The fourth-order valence-electron chi connectivity index (χ4n) is 5.46. The van der Waals surface area contributed by atoms with Crippen LogP contribution < -0.4 is 22.6 Å². The number of H-pyrrole nitrogens is 2. The Labute approximate surface area is 249 Å². The Balaban J connectivity index is 1.16. The number of phosphoric ester groups is 1. The molecule has 8 N–H and O–H groups in total. The highest BCUT2D eigenvalue weighted by molar-refractivity contribution is 7.53. The van der Waals surface area contributed by atoms with Crippen LogP contribution in [0.1, 0.15) is 18.9 Å². The van der Waals surface area contributed by atoms with Crippen molar-refractivity contribution in [3.63, 3.8) is 0 Å². The van der Waals surface area contributed by atoms with Crippen LogP contribution in [0.25, 0.3) is 22.3 Å². The first-order chi connectivity index (χ1) is 21.3. The molecule has 0 aliphatic carbocycles. The first-order valence-electron chi connectivity index (χ1n) is 13.3. The molecule has 7 rings (SSSR count). The summed E-state index contributed by atoms with van der Waals surface area (Å²) in [5.74, 6) is -0.383. The Morgan fingerprint density at radius 2 is 1.49 bits per heavy atom. The second kappa shape index (κ2) is 10.8. The van der Waals surface area contributed by atoms with Crippen LogP contribution in [0.15, 0.2) is 22.2 Å². The SMILES string of the molecule is CP1(=O)OC[C@H]2O[C@@H](n3cnc4c(=O)[nH]c(N)nc43)CC2OP(=O)(O)OC[C@H]2O[C@@H](n3cnc4c(=O)[nH]c(N)nc43)C(O)[C@H]2O1. The first kappa shape index (κ1) is 30.1. The second-order valence-corrected chi connectivity index (χ2v) is 13.9. The molecule has 0 aromatic carbocycles. The number of nitrogens with two attached hydrogens (primary N) is 2. The summed E-state index contributed by atoms with van der Waals surface area (Å²) in [6, 6.07) is 0. The zero-order chi connectivity index (χ0) is 31.8. The summed E-state index contributed by atoms with van der Waals surface area (Å²) in [5, 5.41) is 11.2. The number of nitrogen functional groups attached to an aromatic ring is 2. The number of phosphoric acid groups is 1. The van der Waals surface area contributed by atoms with Crippen molar-refractivity contribution < 1.29 is 46.7 Å². The lowest BCUT2D eigenvalue weighted by atomic mass is 10.1. The lowest BCUT2D eigenvalue weighted by Gasteiger charge is -2.28. The van der Waals surface area contributed by atoms with Gasteiger partial charge < -0.3 is 35.5 Å². The highest BCUT2D eigenvalue weighted by atomic mass is 31.2. The van der Waals surface area contributed by atoms with E-state index in [1.807, 2.05) is 0 Å². The largest absolute Gasteiger partial charge is 0.472 e. The van der Waals surface area contributed by atoms with E-state index in [0.717, 1.165) is 6.66 Å². The predicted octanol–water partition coefficient (Wildman–Crippen LogP) is -1.30. The van der Waals surface area contributed by atoms with Gasteiger partial charge in [-0.25, -0.2) is 14.5 Å². The van der Waals surface area contributed by atoms with Gasteiger partial charge in [-0.05, 0) is 0 Å². The van der Waals surface area contributed by atoms with Gasteiger partial charge >= 0.3 is 15.4 Å². The Kier molecular flexibility index (Phi) is 7.20. The van der Waals surface area contributed by atoms with Gasteiger partial charge in [-0.1, -0.05) is 0 Å². The standard InChI is InChI=1S/C21H26N10O12P2/c1-44(35)38-3-8-7(2-10(40-8)30-5-24-11-15(30)26-20(22)28-17(11)33)42-45(36,37)39-4-9-14(43-44)13(32)19(41-9)31-6-25-12-16(31)27-21(23)29-18(12)34/h5-10,13-14,19,32H,2-4H2,1H3,(H,36,37)(H3,22,26,28,33)(H3,23,27,29,34)/t7?,8-,9-,10-,13?,14+,19-,44?/m1/s1. The molecular formula is C21H26N10O12P2. The normalized spacial score (nSPS) is 36.0. The van der Waals surface area contributed by atoms with E-state index < -0.39 is 82.7 Å². The van der Waals surface area contributed by atoms with Crippen molar-refractivity contribution in [2.45, 2.75) is 49.4 Å². The zero-order valence-electron chi connectivity index (χ0n) is 23.0. The number of anilines is 2. The van der Waals surface area contributed by atoms with Crippen molar-refractivity contribution >= 4 is 49.6 Å². The highest BCUT2D eigenvalue weighted by Crippen LogP contribution is 2.53. The molecule has 45 heavy (non-hydrogen) atoms. The topological polar surface area (TPSA) is 309 Å². The third-order valence-electron chi connectivity index (χ3n) is 7.43. The summed E-state index contributed by atoms with van der Waals surface area (Å²) in [6.45, 7) is 0.0366. The van der Waals surface area contributed by atoms with Crippen LogP contribution in [0.5, 0.6) is 0 Å². The third-order valence-corrected chi connectivity index (χ3v) is 9.69. The van der Waals surface area contributed by atoms with E-state index in [9.17, 15) is 28.7 Å². The molecule has 3 aliphatic heterocycles. The van der Waals surface area contributed by atoms with Crippen molar-refractivity contribution in [1.29, 1.82) is 0 Å². The predicted molar refractivity (Wildman–Crippen MR) is 149 cm³/mol. The number of aliphatic hydroxyl groups excluding tert-OH is 1. The van der Waals surface area contributed by atoms with E-state index >= 15 is 0 Å². The Morgan fingerprint density at radius 1 is 0.889 bits per heavy atom. The van der Waals surface area contributed by atoms with Gasteiger partial charge in [0, 0.05) is 13.1 Å². The van der Waals surface area contributed by atoms with E-state index in [1.54, 1.807) is 0 Å². The van der Waals surface area contributed by atoms with Crippen molar-refractivity contribution in [2.24, 2.45) is 0 Å². The number of nitrogens with one attached hydrogen (secondary N) is 2. The molecule has 3 fully saturated rings. The van der Waals surface area contributed by atoms with E-state index in [-0.39, 0.29) is 40.6 Å². The molecule has 4 aromatic heterocycles. The molecule has 4 aromatic rings.